The van der Waals surface area contributed by atoms with E-state index in [1.165, 1.54) is 6.08 Å². The first-order valence-corrected chi connectivity index (χ1v) is 7.88. The second-order valence-electron chi connectivity index (χ2n) is 5.67. The number of amides is 2. The molecule has 5 nitrogen and oxygen atoms in total. The summed E-state index contributed by atoms with van der Waals surface area (Å²) in [6.45, 7) is 3.46. The van der Waals surface area contributed by atoms with E-state index < -0.39 is 11.8 Å². The summed E-state index contributed by atoms with van der Waals surface area (Å²) in [5.74, 6) is 0.320. The Morgan fingerprint density at radius 3 is 2.52 bits per heavy atom. The van der Waals surface area contributed by atoms with Gasteiger partial charge in [0.15, 0.2) is 0 Å². The van der Waals surface area contributed by atoms with E-state index in [-0.39, 0.29) is 0 Å². The van der Waals surface area contributed by atoms with Crippen molar-refractivity contribution in [3.8, 4) is 0 Å². The normalized spacial score (nSPS) is 11.0. The van der Waals surface area contributed by atoms with Crippen LogP contribution in [0.1, 0.15) is 27.4 Å². The van der Waals surface area contributed by atoms with Gasteiger partial charge in [0, 0.05) is 6.08 Å². The Morgan fingerprint density at radius 2 is 1.76 bits per heavy atom. The average Bonchev–Trinajstić information content (AvgIpc) is 2.96. The van der Waals surface area contributed by atoms with Gasteiger partial charge >= 0.3 is 0 Å². The standard InChI is InChI=1S/C20H18N2O3/c1-13-12-18(14(2)25-13)20(24)22-21-19(23)11-10-16-8-5-7-15-6-3-4-9-17(15)16/h3-12H,1-2H3,(H,21,23)(H,22,24). The molecule has 1 aromatic heterocycles. The second-order valence-corrected chi connectivity index (χ2v) is 5.67. The molecule has 2 aromatic carbocycles. The molecule has 0 atom stereocenters. The van der Waals surface area contributed by atoms with Gasteiger partial charge in [0.2, 0.25) is 0 Å². The summed E-state index contributed by atoms with van der Waals surface area (Å²) >= 11 is 0. The third-order valence-corrected chi connectivity index (χ3v) is 3.82. The van der Waals surface area contributed by atoms with E-state index >= 15 is 0 Å². The Bertz CT molecular complexity index is 965. The second kappa shape index (κ2) is 7.05. The number of nitrogens with one attached hydrogen (secondary N) is 2. The molecule has 0 aliphatic heterocycles. The van der Waals surface area contributed by atoms with Crippen molar-refractivity contribution < 1.29 is 14.0 Å². The number of aryl methyl sites for hydroxylation is 2. The van der Waals surface area contributed by atoms with Crippen LogP contribution in [-0.4, -0.2) is 11.8 Å². The molecule has 5 heteroatoms. The van der Waals surface area contributed by atoms with Gasteiger partial charge in [0.05, 0.1) is 5.56 Å². The molecule has 25 heavy (non-hydrogen) atoms. The summed E-state index contributed by atoms with van der Waals surface area (Å²) in [7, 11) is 0. The molecule has 0 spiro atoms. The van der Waals surface area contributed by atoms with E-state index in [1.54, 1.807) is 26.0 Å². The number of hydrazine groups is 1. The fraction of sp³-hybridized carbons (Fsp3) is 0.100. The fourth-order valence-electron chi connectivity index (χ4n) is 2.64. The maximum atomic E-state index is 12.0. The maximum Gasteiger partial charge on any atom is 0.273 e. The van der Waals surface area contributed by atoms with Crippen molar-refractivity contribution in [2.24, 2.45) is 0 Å². The number of hydrogen-bond acceptors (Lipinski definition) is 3. The zero-order valence-electron chi connectivity index (χ0n) is 14.0. The quantitative estimate of drug-likeness (QED) is 0.568. The summed E-state index contributed by atoms with van der Waals surface area (Å²) < 4.78 is 5.30. The number of fused-ring (bicyclic) bond motifs is 1. The highest BCUT2D eigenvalue weighted by atomic mass is 16.3. The Labute approximate surface area is 145 Å². The highest BCUT2D eigenvalue weighted by molar-refractivity contribution is 6.00. The van der Waals surface area contributed by atoms with Crippen LogP contribution in [0.4, 0.5) is 0 Å². The Balaban J connectivity index is 1.65. The van der Waals surface area contributed by atoms with Crippen molar-refractivity contribution in [3.05, 3.63) is 77.3 Å². The van der Waals surface area contributed by atoms with E-state index in [1.807, 2.05) is 42.5 Å². The van der Waals surface area contributed by atoms with Crippen molar-refractivity contribution in [1.29, 1.82) is 0 Å². The molecule has 2 amide bonds. The van der Waals surface area contributed by atoms with Crippen LogP contribution in [0.3, 0.4) is 0 Å². The summed E-state index contributed by atoms with van der Waals surface area (Å²) in [6, 6.07) is 15.5. The fourth-order valence-corrected chi connectivity index (χ4v) is 2.64. The molecular weight excluding hydrogens is 316 g/mol. The molecule has 3 aromatic rings. The summed E-state index contributed by atoms with van der Waals surface area (Å²) in [4.78, 5) is 24.0. The van der Waals surface area contributed by atoms with Crippen LogP contribution in [-0.2, 0) is 4.79 Å². The van der Waals surface area contributed by atoms with Crippen molar-refractivity contribution >= 4 is 28.7 Å². The van der Waals surface area contributed by atoms with Gasteiger partial charge in [-0.3, -0.25) is 20.4 Å². The maximum absolute atomic E-state index is 12.0. The van der Waals surface area contributed by atoms with E-state index in [0.717, 1.165) is 16.3 Å². The minimum absolute atomic E-state index is 0.399. The SMILES string of the molecule is Cc1cc(C(=O)NNC(=O)C=Cc2cccc3ccccc23)c(C)o1. The van der Waals surface area contributed by atoms with Crippen LogP contribution in [0.15, 0.2) is 59.0 Å². The zero-order chi connectivity index (χ0) is 17.8. The van der Waals surface area contributed by atoms with Crippen LogP contribution in [0, 0.1) is 13.8 Å². The smallest absolute Gasteiger partial charge is 0.273 e. The summed E-state index contributed by atoms with van der Waals surface area (Å²) in [6.07, 6.45) is 3.10. The lowest BCUT2D eigenvalue weighted by Crippen LogP contribution is -2.40. The van der Waals surface area contributed by atoms with E-state index in [4.69, 9.17) is 4.42 Å². The molecule has 0 bridgehead atoms. The topological polar surface area (TPSA) is 71.3 Å². The third kappa shape index (κ3) is 3.77. The predicted molar refractivity (Wildman–Crippen MR) is 96.8 cm³/mol. The van der Waals surface area contributed by atoms with Gasteiger partial charge in [-0.25, -0.2) is 0 Å². The highest BCUT2D eigenvalue weighted by Crippen LogP contribution is 2.19. The first kappa shape index (κ1) is 16.5. The largest absolute Gasteiger partial charge is 0.466 e. The minimum atomic E-state index is -0.417. The van der Waals surface area contributed by atoms with Crippen LogP contribution in [0.5, 0.6) is 0 Å². The number of rotatable bonds is 3. The number of furan rings is 1. The summed E-state index contributed by atoms with van der Waals surface area (Å²) in [5, 5.41) is 2.16. The van der Waals surface area contributed by atoms with Gasteiger partial charge < -0.3 is 4.42 Å². The van der Waals surface area contributed by atoms with E-state index in [9.17, 15) is 9.59 Å². The molecule has 0 fully saturated rings. The molecule has 0 unspecified atom stereocenters. The molecular formula is C20H18N2O3. The molecule has 1 heterocycles. The van der Waals surface area contributed by atoms with Crippen molar-refractivity contribution in [1.82, 2.24) is 10.9 Å². The Kier molecular flexibility index (Phi) is 4.66. The molecule has 3 rings (SSSR count). The molecule has 2 N–H and O–H groups in total. The van der Waals surface area contributed by atoms with Crippen LogP contribution in [0.2, 0.25) is 0 Å². The van der Waals surface area contributed by atoms with Gasteiger partial charge in [0.25, 0.3) is 11.8 Å². The molecule has 0 saturated carbocycles. The number of carbonyl (C=O) groups excluding carboxylic acids is 2. The Morgan fingerprint density at radius 1 is 1.00 bits per heavy atom. The van der Waals surface area contributed by atoms with Gasteiger partial charge in [-0.1, -0.05) is 42.5 Å². The van der Waals surface area contributed by atoms with Crippen LogP contribution < -0.4 is 10.9 Å². The minimum Gasteiger partial charge on any atom is -0.466 e. The van der Waals surface area contributed by atoms with Gasteiger partial charge in [-0.2, -0.15) is 0 Å². The molecule has 0 saturated heterocycles. The molecule has 126 valence electrons. The molecule has 0 aliphatic carbocycles. The van der Waals surface area contributed by atoms with Gasteiger partial charge in [-0.15, -0.1) is 0 Å². The zero-order valence-corrected chi connectivity index (χ0v) is 14.0. The highest BCUT2D eigenvalue weighted by Gasteiger charge is 2.13. The number of carbonyl (C=O) groups is 2. The first-order chi connectivity index (χ1) is 12.0. The van der Waals surface area contributed by atoms with Crippen LogP contribution in [0.25, 0.3) is 16.8 Å². The Hall–Kier alpha value is -3.34. The number of hydrogen-bond donors (Lipinski definition) is 2. The van der Waals surface area contributed by atoms with E-state index in [2.05, 4.69) is 10.9 Å². The molecule has 0 radical (unpaired) electrons. The summed E-state index contributed by atoms with van der Waals surface area (Å²) in [5.41, 5.74) is 6.08. The van der Waals surface area contributed by atoms with Crippen molar-refractivity contribution in [3.63, 3.8) is 0 Å². The lowest BCUT2D eigenvalue weighted by Gasteiger charge is -2.04. The molecule has 0 aliphatic rings. The van der Waals surface area contributed by atoms with Gasteiger partial charge in [-0.05, 0) is 42.3 Å². The third-order valence-electron chi connectivity index (χ3n) is 3.82. The van der Waals surface area contributed by atoms with Gasteiger partial charge in [0.1, 0.15) is 11.5 Å². The van der Waals surface area contributed by atoms with Crippen molar-refractivity contribution in [2.45, 2.75) is 13.8 Å². The first-order valence-electron chi connectivity index (χ1n) is 7.88. The predicted octanol–water partition coefficient (Wildman–Crippen LogP) is 3.52. The van der Waals surface area contributed by atoms with Crippen LogP contribution >= 0.6 is 0 Å². The lowest BCUT2D eigenvalue weighted by molar-refractivity contribution is -0.117. The van der Waals surface area contributed by atoms with E-state index in [0.29, 0.717) is 17.1 Å². The average molecular weight is 334 g/mol. The van der Waals surface area contributed by atoms with Crippen molar-refractivity contribution in [2.75, 3.05) is 0 Å². The number of benzene rings is 2. The lowest BCUT2D eigenvalue weighted by atomic mass is 10.0. The monoisotopic (exact) mass is 334 g/mol.